The number of ether oxygens (including phenoxy) is 2. The number of nitrogens with zero attached hydrogens (tertiary/aromatic N) is 2. The van der Waals surface area contributed by atoms with Gasteiger partial charge in [-0.15, -0.1) is 12.4 Å². The Labute approximate surface area is 147 Å². The molecule has 7 nitrogen and oxygen atoms in total. The zero-order valence-electron chi connectivity index (χ0n) is 14.2. The summed E-state index contributed by atoms with van der Waals surface area (Å²) in [5, 5.41) is 7.12. The molecule has 0 unspecified atom stereocenters. The molecule has 0 spiro atoms. The van der Waals surface area contributed by atoms with E-state index in [9.17, 15) is 4.79 Å². The van der Waals surface area contributed by atoms with Crippen LogP contribution in [0.25, 0.3) is 0 Å². The number of benzene rings is 1. The van der Waals surface area contributed by atoms with Crippen LogP contribution in [0, 0.1) is 6.92 Å². The number of aryl methyl sites for hydroxylation is 1. The van der Waals surface area contributed by atoms with Gasteiger partial charge in [0.05, 0.1) is 33.0 Å². The minimum absolute atomic E-state index is 0. The van der Waals surface area contributed by atoms with E-state index in [1.165, 1.54) is 0 Å². The lowest BCUT2D eigenvalue weighted by Crippen LogP contribution is -2.33. The summed E-state index contributed by atoms with van der Waals surface area (Å²) < 4.78 is 12.3. The molecule has 0 aliphatic heterocycles. The number of amides is 1. The number of halogens is 1. The van der Waals surface area contributed by atoms with Gasteiger partial charge >= 0.3 is 0 Å². The van der Waals surface area contributed by atoms with E-state index in [4.69, 9.17) is 15.2 Å². The summed E-state index contributed by atoms with van der Waals surface area (Å²) in [7, 11) is 3.18. The van der Waals surface area contributed by atoms with Gasteiger partial charge < -0.3 is 20.5 Å². The molecule has 0 radical (unpaired) electrons. The van der Waals surface area contributed by atoms with Gasteiger partial charge in [-0.3, -0.25) is 4.79 Å². The third-order valence-electron chi connectivity index (χ3n) is 3.46. The number of carbonyl (C=O) groups excluding carboxylic acids is 1. The van der Waals surface area contributed by atoms with Crippen molar-refractivity contribution >= 4 is 24.1 Å². The van der Waals surface area contributed by atoms with Crippen LogP contribution < -0.4 is 20.5 Å². The fourth-order valence-corrected chi connectivity index (χ4v) is 2.14. The SMILES string of the molecule is COc1ccc(Cn2ncc(C)c2NC(=O)[C@H](C)N)cc1OC.Cl. The van der Waals surface area contributed by atoms with Crippen molar-refractivity contribution < 1.29 is 14.3 Å². The van der Waals surface area contributed by atoms with E-state index in [0.29, 0.717) is 23.9 Å². The minimum atomic E-state index is -0.584. The van der Waals surface area contributed by atoms with E-state index in [2.05, 4.69) is 10.4 Å². The number of hydrogen-bond donors (Lipinski definition) is 2. The van der Waals surface area contributed by atoms with Gasteiger partial charge in [-0.2, -0.15) is 5.10 Å². The molecule has 1 heterocycles. The molecular weight excluding hydrogens is 332 g/mol. The molecule has 1 aromatic carbocycles. The first-order valence-corrected chi connectivity index (χ1v) is 7.26. The van der Waals surface area contributed by atoms with E-state index in [-0.39, 0.29) is 18.3 Å². The summed E-state index contributed by atoms with van der Waals surface area (Å²) >= 11 is 0. The average Bonchev–Trinajstić information content (AvgIpc) is 2.87. The summed E-state index contributed by atoms with van der Waals surface area (Å²) in [6.45, 7) is 4.01. The maximum absolute atomic E-state index is 11.8. The van der Waals surface area contributed by atoms with Crippen LogP contribution in [-0.2, 0) is 11.3 Å². The largest absolute Gasteiger partial charge is 0.493 e. The molecule has 0 saturated heterocycles. The second kappa shape index (κ2) is 8.56. The third-order valence-corrected chi connectivity index (χ3v) is 3.46. The van der Waals surface area contributed by atoms with Gasteiger partial charge in [-0.1, -0.05) is 6.07 Å². The normalized spacial score (nSPS) is 11.4. The number of rotatable bonds is 6. The van der Waals surface area contributed by atoms with Crippen molar-refractivity contribution in [2.45, 2.75) is 26.4 Å². The van der Waals surface area contributed by atoms with Crippen molar-refractivity contribution in [3.05, 3.63) is 35.5 Å². The molecule has 0 fully saturated rings. The first-order chi connectivity index (χ1) is 11.0. The molecule has 2 aromatic rings. The van der Waals surface area contributed by atoms with Crippen LogP contribution in [0.2, 0.25) is 0 Å². The molecule has 8 heteroatoms. The quantitative estimate of drug-likeness (QED) is 0.827. The van der Waals surface area contributed by atoms with Crippen molar-refractivity contribution in [2.24, 2.45) is 5.73 Å². The number of hydrogen-bond acceptors (Lipinski definition) is 5. The van der Waals surface area contributed by atoms with Crippen LogP contribution in [0.5, 0.6) is 11.5 Å². The van der Waals surface area contributed by atoms with E-state index in [1.807, 2.05) is 25.1 Å². The van der Waals surface area contributed by atoms with E-state index >= 15 is 0 Å². The number of nitrogens with one attached hydrogen (secondary N) is 1. The lowest BCUT2D eigenvalue weighted by Gasteiger charge is -2.13. The maximum Gasteiger partial charge on any atom is 0.242 e. The van der Waals surface area contributed by atoms with E-state index in [0.717, 1.165) is 11.1 Å². The van der Waals surface area contributed by atoms with Crippen molar-refractivity contribution in [3.8, 4) is 11.5 Å². The Morgan fingerprint density at radius 2 is 2.00 bits per heavy atom. The average molecular weight is 355 g/mol. The van der Waals surface area contributed by atoms with E-state index < -0.39 is 6.04 Å². The summed E-state index contributed by atoms with van der Waals surface area (Å²) in [5.74, 6) is 1.71. The Morgan fingerprint density at radius 1 is 1.33 bits per heavy atom. The Kier molecular flexibility index (Phi) is 7.06. The Morgan fingerprint density at radius 3 is 2.58 bits per heavy atom. The number of methoxy groups -OCH3 is 2. The van der Waals surface area contributed by atoms with Crippen molar-refractivity contribution in [1.29, 1.82) is 0 Å². The Hall–Kier alpha value is -2.25. The van der Waals surface area contributed by atoms with Crippen LogP contribution in [-0.4, -0.2) is 35.9 Å². The summed E-state index contributed by atoms with van der Waals surface area (Å²) in [6, 6.07) is 5.06. The third kappa shape index (κ3) is 4.39. The zero-order chi connectivity index (χ0) is 17.0. The van der Waals surface area contributed by atoms with Crippen molar-refractivity contribution in [3.63, 3.8) is 0 Å². The molecule has 0 aliphatic rings. The monoisotopic (exact) mass is 354 g/mol. The van der Waals surface area contributed by atoms with Gasteiger partial charge in [-0.05, 0) is 31.5 Å². The molecule has 0 aliphatic carbocycles. The van der Waals surface area contributed by atoms with Gasteiger partial charge in [0.2, 0.25) is 5.91 Å². The first-order valence-electron chi connectivity index (χ1n) is 7.26. The molecule has 3 N–H and O–H groups in total. The smallest absolute Gasteiger partial charge is 0.242 e. The van der Waals surface area contributed by atoms with E-state index in [1.54, 1.807) is 32.0 Å². The zero-order valence-corrected chi connectivity index (χ0v) is 15.0. The molecule has 24 heavy (non-hydrogen) atoms. The minimum Gasteiger partial charge on any atom is -0.493 e. The van der Waals surface area contributed by atoms with Crippen molar-refractivity contribution in [1.82, 2.24) is 9.78 Å². The Bertz CT molecular complexity index is 701. The standard InChI is InChI=1S/C16H22N4O3.ClH/c1-10-8-18-20(15(10)19-16(21)11(2)17)9-12-5-6-13(22-3)14(7-12)23-4;/h5-8,11H,9,17H2,1-4H3,(H,19,21);1H/t11-;/m0./s1. The molecule has 0 saturated carbocycles. The highest BCUT2D eigenvalue weighted by Crippen LogP contribution is 2.28. The van der Waals surface area contributed by atoms with Crippen LogP contribution in [0.4, 0.5) is 5.82 Å². The Balaban J connectivity index is 0.00000288. The highest BCUT2D eigenvalue weighted by molar-refractivity contribution is 5.94. The fourth-order valence-electron chi connectivity index (χ4n) is 2.14. The highest BCUT2D eigenvalue weighted by Gasteiger charge is 2.14. The van der Waals surface area contributed by atoms with Gasteiger partial charge in [0.25, 0.3) is 0 Å². The summed E-state index contributed by atoms with van der Waals surface area (Å²) in [6.07, 6.45) is 1.71. The number of nitrogens with two attached hydrogens (primary N) is 1. The maximum atomic E-state index is 11.8. The molecule has 2 rings (SSSR count). The molecular formula is C16H23ClN4O3. The lowest BCUT2D eigenvalue weighted by atomic mass is 10.2. The predicted molar refractivity (Wildman–Crippen MR) is 95.1 cm³/mol. The molecule has 0 bridgehead atoms. The predicted octanol–water partition coefficient (Wildman–Crippen LogP) is 1.96. The van der Waals surface area contributed by atoms with Gasteiger partial charge in [-0.25, -0.2) is 4.68 Å². The number of anilines is 1. The molecule has 1 amide bonds. The van der Waals surface area contributed by atoms with Crippen LogP contribution in [0.3, 0.4) is 0 Å². The van der Waals surface area contributed by atoms with Crippen LogP contribution >= 0.6 is 12.4 Å². The summed E-state index contributed by atoms with van der Waals surface area (Å²) in [5.41, 5.74) is 7.45. The highest BCUT2D eigenvalue weighted by atomic mass is 35.5. The number of carbonyl (C=O) groups is 1. The lowest BCUT2D eigenvalue weighted by molar-refractivity contribution is -0.117. The molecule has 1 atom stereocenters. The van der Waals surface area contributed by atoms with Gasteiger partial charge in [0.1, 0.15) is 5.82 Å². The van der Waals surface area contributed by atoms with Crippen LogP contribution in [0.1, 0.15) is 18.1 Å². The fraction of sp³-hybridized carbons (Fsp3) is 0.375. The second-order valence-corrected chi connectivity index (χ2v) is 5.30. The first kappa shape index (κ1) is 19.8. The number of aromatic nitrogens is 2. The van der Waals surface area contributed by atoms with Crippen molar-refractivity contribution in [2.75, 3.05) is 19.5 Å². The molecule has 132 valence electrons. The topological polar surface area (TPSA) is 91.4 Å². The van der Waals surface area contributed by atoms with Crippen LogP contribution in [0.15, 0.2) is 24.4 Å². The van der Waals surface area contributed by atoms with Gasteiger partial charge in [0.15, 0.2) is 11.5 Å². The van der Waals surface area contributed by atoms with Gasteiger partial charge in [0, 0.05) is 5.56 Å². The summed E-state index contributed by atoms with van der Waals surface area (Å²) in [4.78, 5) is 11.8. The second-order valence-electron chi connectivity index (χ2n) is 5.30. The molecule has 1 aromatic heterocycles.